The normalized spacial score (nSPS) is 15.4. The van der Waals surface area contributed by atoms with Crippen molar-refractivity contribution in [1.82, 2.24) is 14.8 Å². The smallest absolute Gasteiger partial charge is 0.416 e. The number of rotatable bonds is 6. The van der Waals surface area contributed by atoms with Crippen LogP contribution in [-0.4, -0.2) is 52.2 Å². The van der Waals surface area contributed by atoms with Gasteiger partial charge in [-0.2, -0.15) is 13.2 Å². The number of furan rings is 1. The van der Waals surface area contributed by atoms with Crippen LogP contribution in [0.15, 0.2) is 40.1 Å². The molecule has 0 bridgehead atoms. The molecule has 182 valence electrons. The molecule has 1 N–H and O–H groups in total. The van der Waals surface area contributed by atoms with Gasteiger partial charge in [-0.25, -0.2) is 0 Å². The maximum atomic E-state index is 13.3. The van der Waals surface area contributed by atoms with Crippen LogP contribution in [0.25, 0.3) is 11.4 Å². The van der Waals surface area contributed by atoms with Crippen LogP contribution in [-0.2, 0) is 22.8 Å². The van der Waals surface area contributed by atoms with Crippen LogP contribution in [0, 0.1) is 6.92 Å². The SMILES string of the molecule is Cc1occc1-c1nnc(SC(C)C(=O)Nc2cc(C(F)(F)F)ccc2N2CCOCC2)n1C. The molecule has 1 saturated heterocycles. The molecule has 12 heteroatoms. The Kier molecular flexibility index (Phi) is 6.89. The minimum Gasteiger partial charge on any atom is -0.469 e. The van der Waals surface area contributed by atoms with Gasteiger partial charge in [-0.05, 0) is 38.1 Å². The molecule has 1 fully saturated rings. The highest BCUT2D eigenvalue weighted by atomic mass is 32.2. The summed E-state index contributed by atoms with van der Waals surface area (Å²) in [6, 6.07) is 5.17. The first-order chi connectivity index (χ1) is 16.1. The largest absolute Gasteiger partial charge is 0.469 e. The molecular weight excluding hydrogens is 471 g/mol. The average Bonchev–Trinajstić information content (AvgIpc) is 3.38. The van der Waals surface area contributed by atoms with Gasteiger partial charge in [-0.1, -0.05) is 11.8 Å². The number of benzene rings is 1. The highest BCUT2D eigenvalue weighted by Gasteiger charge is 2.32. The van der Waals surface area contributed by atoms with Crippen molar-refractivity contribution >= 4 is 29.0 Å². The molecule has 34 heavy (non-hydrogen) atoms. The molecule has 1 atom stereocenters. The van der Waals surface area contributed by atoms with Crippen LogP contribution >= 0.6 is 11.8 Å². The van der Waals surface area contributed by atoms with Gasteiger partial charge >= 0.3 is 6.18 Å². The zero-order valence-corrected chi connectivity index (χ0v) is 19.7. The van der Waals surface area contributed by atoms with Gasteiger partial charge in [-0.3, -0.25) is 4.79 Å². The summed E-state index contributed by atoms with van der Waals surface area (Å²) in [5.74, 6) is 0.842. The molecule has 1 amide bonds. The number of morpholine rings is 1. The van der Waals surface area contributed by atoms with Crippen molar-refractivity contribution in [3.8, 4) is 11.4 Å². The Balaban J connectivity index is 1.53. The predicted molar refractivity (Wildman–Crippen MR) is 122 cm³/mol. The van der Waals surface area contributed by atoms with E-state index in [1.165, 1.54) is 6.07 Å². The van der Waals surface area contributed by atoms with Crippen molar-refractivity contribution in [2.75, 3.05) is 36.5 Å². The lowest BCUT2D eigenvalue weighted by Crippen LogP contribution is -2.37. The number of nitrogens with zero attached hydrogens (tertiary/aromatic N) is 4. The number of halogens is 3. The van der Waals surface area contributed by atoms with Crippen LogP contribution < -0.4 is 10.2 Å². The maximum Gasteiger partial charge on any atom is 0.416 e. The van der Waals surface area contributed by atoms with E-state index in [2.05, 4.69) is 15.5 Å². The first kappa shape index (κ1) is 24.1. The third kappa shape index (κ3) is 5.07. The zero-order valence-electron chi connectivity index (χ0n) is 18.8. The summed E-state index contributed by atoms with van der Waals surface area (Å²) in [4.78, 5) is 14.9. The first-order valence-electron chi connectivity index (χ1n) is 10.6. The number of carbonyl (C=O) groups is 1. The van der Waals surface area contributed by atoms with Gasteiger partial charge in [0.15, 0.2) is 11.0 Å². The number of anilines is 2. The number of amides is 1. The van der Waals surface area contributed by atoms with E-state index in [0.717, 1.165) is 29.5 Å². The second-order valence-corrected chi connectivity index (χ2v) is 9.14. The minimum atomic E-state index is -4.52. The summed E-state index contributed by atoms with van der Waals surface area (Å²) in [5.41, 5.74) is 0.603. The third-order valence-corrected chi connectivity index (χ3v) is 6.65. The maximum absolute atomic E-state index is 13.3. The van der Waals surface area contributed by atoms with Crippen LogP contribution in [0.5, 0.6) is 0 Å². The summed E-state index contributed by atoms with van der Waals surface area (Å²) in [6.45, 7) is 5.45. The average molecular weight is 496 g/mol. The Bertz CT molecular complexity index is 1170. The molecule has 3 heterocycles. The van der Waals surface area contributed by atoms with Crippen LogP contribution in [0.2, 0.25) is 0 Å². The van der Waals surface area contributed by atoms with Gasteiger partial charge < -0.3 is 23.9 Å². The van der Waals surface area contributed by atoms with E-state index in [0.29, 0.717) is 48.7 Å². The van der Waals surface area contributed by atoms with E-state index in [9.17, 15) is 18.0 Å². The molecule has 0 radical (unpaired) electrons. The Morgan fingerprint density at radius 2 is 1.94 bits per heavy atom. The lowest BCUT2D eigenvalue weighted by Gasteiger charge is -2.31. The van der Waals surface area contributed by atoms with E-state index in [1.807, 2.05) is 11.8 Å². The van der Waals surface area contributed by atoms with Crippen LogP contribution in [0.3, 0.4) is 0 Å². The topological polar surface area (TPSA) is 85.4 Å². The molecule has 1 aliphatic rings. The van der Waals surface area contributed by atoms with Gasteiger partial charge in [0.1, 0.15) is 5.76 Å². The van der Waals surface area contributed by atoms with E-state index >= 15 is 0 Å². The monoisotopic (exact) mass is 495 g/mol. The van der Waals surface area contributed by atoms with E-state index in [1.54, 1.807) is 30.9 Å². The zero-order chi connectivity index (χ0) is 24.5. The molecular formula is C22H24F3N5O3S. The van der Waals surface area contributed by atoms with Crippen LogP contribution in [0.1, 0.15) is 18.2 Å². The number of carbonyl (C=O) groups excluding carboxylic acids is 1. The molecule has 1 aromatic carbocycles. The number of hydrogen-bond acceptors (Lipinski definition) is 7. The van der Waals surface area contributed by atoms with Gasteiger partial charge in [0.25, 0.3) is 0 Å². The Morgan fingerprint density at radius 3 is 2.59 bits per heavy atom. The minimum absolute atomic E-state index is 0.113. The number of aryl methyl sites for hydroxylation is 1. The Hall–Kier alpha value is -2.99. The molecule has 0 aliphatic carbocycles. The van der Waals surface area contributed by atoms with Crippen molar-refractivity contribution in [3.63, 3.8) is 0 Å². The fraction of sp³-hybridized carbons (Fsp3) is 0.409. The van der Waals surface area contributed by atoms with Crippen molar-refractivity contribution in [2.24, 2.45) is 7.05 Å². The Morgan fingerprint density at radius 1 is 1.21 bits per heavy atom. The fourth-order valence-electron chi connectivity index (χ4n) is 3.61. The molecule has 3 aromatic rings. The van der Waals surface area contributed by atoms with Gasteiger partial charge in [0.2, 0.25) is 5.91 Å². The Labute approximate surface area is 198 Å². The molecule has 0 saturated carbocycles. The molecule has 2 aromatic heterocycles. The molecule has 4 rings (SSSR count). The lowest BCUT2D eigenvalue weighted by molar-refractivity contribution is -0.137. The summed E-state index contributed by atoms with van der Waals surface area (Å²) >= 11 is 1.16. The van der Waals surface area contributed by atoms with Crippen molar-refractivity contribution in [1.29, 1.82) is 0 Å². The van der Waals surface area contributed by atoms with E-state index in [-0.39, 0.29) is 5.69 Å². The first-order valence-corrected chi connectivity index (χ1v) is 11.5. The van der Waals surface area contributed by atoms with Crippen molar-refractivity contribution < 1.29 is 27.1 Å². The highest BCUT2D eigenvalue weighted by molar-refractivity contribution is 8.00. The van der Waals surface area contributed by atoms with Crippen molar-refractivity contribution in [2.45, 2.75) is 30.4 Å². The summed E-state index contributed by atoms with van der Waals surface area (Å²) in [5, 5.41) is 10.9. The second-order valence-electron chi connectivity index (χ2n) is 7.83. The van der Waals surface area contributed by atoms with Gasteiger partial charge in [0.05, 0.1) is 47.2 Å². The summed E-state index contributed by atoms with van der Waals surface area (Å²) < 4.78 is 52.4. The molecule has 1 unspecified atom stereocenters. The standard InChI is InChI=1S/C22H24F3N5O3S/c1-13-16(6-9-33-13)19-27-28-21(29(19)3)34-14(2)20(31)26-17-12-15(22(23,24)25)4-5-18(17)30-7-10-32-11-8-30/h4-6,9,12,14H,7-8,10-11H2,1-3H3,(H,26,31). The fourth-order valence-corrected chi connectivity index (χ4v) is 4.42. The number of nitrogens with one attached hydrogen (secondary N) is 1. The summed E-state index contributed by atoms with van der Waals surface area (Å²) in [6.07, 6.45) is -2.97. The number of alkyl halides is 3. The highest BCUT2D eigenvalue weighted by Crippen LogP contribution is 2.36. The van der Waals surface area contributed by atoms with Gasteiger partial charge in [-0.15, -0.1) is 10.2 Å². The van der Waals surface area contributed by atoms with Gasteiger partial charge in [0, 0.05) is 20.1 Å². The number of hydrogen-bond donors (Lipinski definition) is 1. The quantitative estimate of drug-likeness (QED) is 0.509. The second kappa shape index (κ2) is 9.71. The van der Waals surface area contributed by atoms with E-state index in [4.69, 9.17) is 9.15 Å². The van der Waals surface area contributed by atoms with Crippen molar-refractivity contribution in [3.05, 3.63) is 41.9 Å². The number of aromatic nitrogens is 3. The molecule has 8 nitrogen and oxygen atoms in total. The molecule has 1 aliphatic heterocycles. The molecule has 0 spiro atoms. The van der Waals surface area contributed by atoms with Crippen LogP contribution in [0.4, 0.5) is 24.5 Å². The predicted octanol–water partition coefficient (Wildman–Crippen LogP) is 4.36. The number of thioether (sulfide) groups is 1. The van der Waals surface area contributed by atoms with E-state index < -0.39 is 22.9 Å². The third-order valence-electron chi connectivity index (χ3n) is 5.52. The lowest BCUT2D eigenvalue weighted by atomic mass is 10.1. The summed E-state index contributed by atoms with van der Waals surface area (Å²) in [7, 11) is 1.78. The number of ether oxygens (including phenoxy) is 1.